The third kappa shape index (κ3) is 4.02. The first-order valence-electron chi connectivity index (χ1n) is 8.37. The minimum Gasteiger partial charge on any atom is -0.349 e. The smallest absolute Gasteiger partial charge is 0.227 e. The molecule has 3 rings (SSSR count). The molecule has 0 unspecified atom stereocenters. The molecule has 2 aromatic carbocycles. The van der Waals surface area contributed by atoms with Crippen LogP contribution in [-0.4, -0.2) is 18.4 Å². The Hall–Kier alpha value is -2.33. The van der Waals surface area contributed by atoms with Gasteiger partial charge in [0.25, 0.3) is 0 Å². The predicted octanol–water partition coefficient (Wildman–Crippen LogP) is 3.88. The average Bonchev–Trinajstić information content (AvgIpc) is 2.97. The lowest BCUT2D eigenvalue weighted by molar-refractivity contribution is -0.126. The Morgan fingerprint density at radius 1 is 1.24 bits per heavy atom. The summed E-state index contributed by atoms with van der Waals surface area (Å²) in [6, 6.07) is 15.0. The quantitative estimate of drug-likeness (QED) is 0.903. The maximum absolute atomic E-state index is 12.6. The lowest BCUT2D eigenvalue weighted by Crippen LogP contribution is -2.34. The highest BCUT2D eigenvalue weighted by Gasteiger charge is 2.35. The Bertz CT molecular complexity index is 789. The average molecular weight is 357 g/mol. The molecule has 1 fully saturated rings. The summed E-state index contributed by atoms with van der Waals surface area (Å²) in [5.74, 6) is -0.453. The molecule has 4 nitrogen and oxygen atoms in total. The number of carbonyl (C=O) groups excluding carboxylic acids is 2. The number of rotatable bonds is 4. The van der Waals surface area contributed by atoms with Gasteiger partial charge in [-0.25, -0.2) is 0 Å². The van der Waals surface area contributed by atoms with Gasteiger partial charge in [-0.3, -0.25) is 9.59 Å². The van der Waals surface area contributed by atoms with E-state index < -0.39 is 0 Å². The molecule has 0 aromatic heterocycles. The van der Waals surface area contributed by atoms with E-state index in [0.717, 1.165) is 16.8 Å². The van der Waals surface area contributed by atoms with E-state index >= 15 is 0 Å². The van der Waals surface area contributed by atoms with Gasteiger partial charge < -0.3 is 10.2 Å². The number of hydrogen-bond acceptors (Lipinski definition) is 2. The minimum absolute atomic E-state index is 0.0144. The normalized spacial score (nSPS) is 18.3. The second kappa shape index (κ2) is 7.28. The van der Waals surface area contributed by atoms with E-state index in [9.17, 15) is 9.59 Å². The van der Waals surface area contributed by atoms with Crippen molar-refractivity contribution < 1.29 is 9.59 Å². The number of hydrogen-bond donors (Lipinski definition) is 1. The number of carbonyl (C=O) groups is 2. The van der Waals surface area contributed by atoms with Gasteiger partial charge in [-0.2, -0.15) is 0 Å². The molecule has 2 atom stereocenters. The lowest BCUT2D eigenvalue weighted by Gasteiger charge is -2.19. The first-order valence-corrected chi connectivity index (χ1v) is 8.74. The van der Waals surface area contributed by atoms with E-state index in [2.05, 4.69) is 5.32 Å². The van der Waals surface area contributed by atoms with Crippen LogP contribution in [0.25, 0.3) is 0 Å². The van der Waals surface area contributed by atoms with Gasteiger partial charge in [0.05, 0.1) is 12.0 Å². The first kappa shape index (κ1) is 17.5. The van der Waals surface area contributed by atoms with E-state index in [1.807, 2.05) is 56.3 Å². The molecule has 1 N–H and O–H groups in total. The molecule has 1 saturated heterocycles. The Morgan fingerprint density at radius 3 is 2.64 bits per heavy atom. The van der Waals surface area contributed by atoms with Gasteiger partial charge in [-0.15, -0.1) is 0 Å². The fourth-order valence-electron chi connectivity index (χ4n) is 3.05. The second-order valence-electron chi connectivity index (χ2n) is 6.53. The van der Waals surface area contributed by atoms with Crippen LogP contribution in [0, 0.1) is 12.8 Å². The summed E-state index contributed by atoms with van der Waals surface area (Å²) in [6.45, 7) is 4.33. The van der Waals surface area contributed by atoms with Gasteiger partial charge in [0.15, 0.2) is 0 Å². The van der Waals surface area contributed by atoms with E-state index in [1.165, 1.54) is 0 Å². The van der Waals surface area contributed by atoms with Crippen LogP contribution in [0.1, 0.15) is 30.5 Å². The van der Waals surface area contributed by atoms with Crippen LogP contribution < -0.4 is 10.2 Å². The molecule has 2 amide bonds. The second-order valence-corrected chi connectivity index (χ2v) is 6.96. The maximum atomic E-state index is 12.6. The first-order chi connectivity index (χ1) is 11.9. The van der Waals surface area contributed by atoms with E-state index in [-0.39, 0.29) is 30.2 Å². The molecule has 130 valence electrons. The predicted molar refractivity (Wildman–Crippen MR) is 99.6 cm³/mol. The van der Waals surface area contributed by atoms with E-state index in [4.69, 9.17) is 11.6 Å². The Labute approximate surface area is 152 Å². The van der Waals surface area contributed by atoms with Crippen LogP contribution in [0.5, 0.6) is 0 Å². The largest absolute Gasteiger partial charge is 0.349 e. The zero-order valence-electron chi connectivity index (χ0n) is 14.3. The minimum atomic E-state index is -0.338. The van der Waals surface area contributed by atoms with E-state index in [0.29, 0.717) is 11.6 Å². The zero-order chi connectivity index (χ0) is 18.0. The molecular weight excluding hydrogens is 336 g/mol. The van der Waals surface area contributed by atoms with Crippen molar-refractivity contribution in [3.8, 4) is 0 Å². The molecule has 0 saturated carbocycles. The van der Waals surface area contributed by atoms with Gasteiger partial charge in [0.1, 0.15) is 0 Å². The molecule has 1 heterocycles. The van der Waals surface area contributed by atoms with Gasteiger partial charge in [0.2, 0.25) is 11.8 Å². The number of benzene rings is 2. The van der Waals surface area contributed by atoms with Gasteiger partial charge >= 0.3 is 0 Å². The molecule has 0 spiro atoms. The van der Waals surface area contributed by atoms with Crippen molar-refractivity contribution in [3.63, 3.8) is 0 Å². The molecule has 0 bridgehead atoms. The fraction of sp³-hybridized carbons (Fsp3) is 0.300. The van der Waals surface area contributed by atoms with Crippen LogP contribution in [0.2, 0.25) is 5.02 Å². The zero-order valence-corrected chi connectivity index (χ0v) is 15.1. The lowest BCUT2D eigenvalue weighted by atomic mass is 10.1. The molecule has 0 radical (unpaired) electrons. The number of nitrogens with zero attached hydrogens (tertiary/aromatic N) is 1. The summed E-state index contributed by atoms with van der Waals surface area (Å²) in [5, 5.41) is 3.63. The van der Waals surface area contributed by atoms with Crippen LogP contribution in [0.15, 0.2) is 48.5 Å². The highest BCUT2D eigenvalue weighted by molar-refractivity contribution is 6.30. The van der Waals surface area contributed by atoms with E-state index in [1.54, 1.807) is 11.0 Å². The summed E-state index contributed by atoms with van der Waals surface area (Å²) in [6.07, 6.45) is 0.238. The van der Waals surface area contributed by atoms with Crippen molar-refractivity contribution in [1.82, 2.24) is 5.32 Å². The highest BCUT2D eigenvalue weighted by Crippen LogP contribution is 2.26. The Balaban J connectivity index is 1.65. The third-order valence-electron chi connectivity index (χ3n) is 4.55. The van der Waals surface area contributed by atoms with Crippen LogP contribution >= 0.6 is 11.6 Å². The topological polar surface area (TPSA) is 49.4 Å². The van der Waals surface area contributed by atoms with Crippen molar-refractivity contribution in [2.24, 2.45) is 5.92 Å². The fourth-order valence-corrected chi connectivity index (χ4v) is 3.25. The Kier molecular flexibility index (Phi) is 5.09. The summed E-state index contributed by atoms with van der Waals surface area (Å²) in [4.78, 5) is 26.6. The summed E-state index contributed by atoms with van der Waals surface area (Å²) in [5.41, 5.74) is 2.93. The number of aryl methyl sites for hydroxylation is 1. The molecule has 25 heavy (non-hydrogen) atoms. The van der Waals surface area contributed by atoms with Gasteiger partial charge in [-0.05, 0) is 43.7 Å². The monoisotopic (exact) mass is 356 g/mol. The molecular formula is C20H21ClN2O2. The number of anilines is 1. The van der Waals surface area contributed by atoms with Crippen molar-refractivity contribution in [1.29, 1.82) is 0 Å². The van der Waals surface area contributed by atoms with Gasteiger partial charge in [0, 0.05) is 23.7 Å². The maximum Gasteiger partial charge on any atom is 0.227 e. The van der Waals surface area contributed by atoms with Crippen molar-refractivity contribution in [2.45, 2.75) is 26.3 Å². The third-order valence-corrected chi connectivity index (χ3v) is 4.78. The number of nitrogens with one attached hydrogen (secondary N) is 1. The van der Waals surface area contributed by atoms with Crippen molar-refractivity contribution in [2.75, 3.05) is 11.4 Å². The number of halogens is 1. The van der Waals surface area contributed by atoms with Crippen LogP contribution in [-0.2, 0) is 9.59 Å². The summed E-state index contributed by atoms with van der Waals surface area (Å²) in [7, 11) is 0. The molecule has 2 aromatic rings. The molecule has 5 heteroatoms. The SMILES string of the molecule is Cc1ccc(N2C[C@@H](C(=O)N[C@@H](C)c3cccc(Cl)c3)CC2=O)cc1. The molecule has 1 aliphatic heterocycles. The van der Waals surface area contributed by atoms with Crippen molar-refractivity contribution >= 4 is 29.1 Å². The van der Waals surface area contributed by atoms with Gasteiger partial charge in [-0.1, -0.05) is 41.4 Å². The van der Waals surface area contributed by atoms with Crippen LogP contribution in [0.4, 0.5) is 5.69 Å². The highest BCUT2D eigenvalue weighted by atomic mass is 35.5. The Morgan fingerprint density at radius 2 is 1.96 bits per heavy atom. The summed E-state index contributed by atoms with van der Waals surface area (Å²) < 4.78 is 0. The van der Waals surface area contributed by atoms with Crippen LogP contribution in [0.3, 0.4) is 0 Å². The molecule has 1 aliphatic rings. The summed E-state index contributed by atoms with van der Waals surface area (Å²) >= 11 is 6.01. The molecule has 0 aliphatic carbocycles. The standard InChI is InChI=1S/C20H21ClN2O2/c1-13-6-8-18(9-7-13)23-12-16(11-19(23)24)20(25)22-14(2)15-4-3-5-17(21)10-15/h3-10,14,16H,11-12H2,1-2H3,(H,22,25)/t14-,16-/m0/s1. The number of amides is 2. The van der Waals surface area contributed by atoms with Crippen molar-refractivity contribution in [3.05, 3.63) is 64.7 Å².